The molecule has 0 saturated heterocycles. The Balaban J connectivity index is 1.61. The van der Waals surface area contributed by atoms with Crippen LogP contribution in [0.4, 0.5) is 10.1 Å². The standard InChI is InChI=1S/C24H23FN2O5/c1-3-27(14-17-6-4-7-19(25)12-17)22(28)15-32-24(30)18-10-9-16(2)20(13-18)26-23(29)21-8-5-11-31-21/h4-13H,3,14-15H2,1-2H3,(H,26,29). The van der Waals surface area contributed by atoms with Crippen LogP contribution in [0.2, 0.25) is 0 Å². The molecule has 8 heteroatoms. The first kappa shape index (κ1) is 22.7. The number of nitrogens with zero attached hydrogens (tertiary/aromatic N) is 1. The Hall–Kier alpha value is -3.94. The Kier molecular flexibility index (Phi) is 7.38. The van der Waals surface area contributed by atoms with Gasteiger partial charge in [-0.25, -0.2) is 9.18 Å². The molecule has 0 atom stereocenters. The largest absolute Gasteiger partial charge is 0.459 e. The van der Waals surface area contributed by atoms with Crippen molar-refractivity contribution in [2.24, 2.45) is 0 Å². The molecule has 0 aliphatic carbocycles. The number of hydrogen-bond donors (Lipinski definition) is 1. The molecule has 32 heavy (non-hydrogen) atoms. The Labute approximate surface area is 184 Å². The lowest BCUT2D eigenvalue weighted by Gasteiger charge is -2.21. The van der Waals surface area contributed by atoms with E-state index >= 15 is 0 Å². The molecule has 3 rings (SSSR count). The van der Waals surface area contributed by atoms with Crippen LogP contribution in [0, 0.1) is 12.7 Å². The van der Waals surface area contributed by atoms with Crippen molar-refractivity contribution < 1.29 is 27.9 Å². The lowest BCUT2D eigenvalue weighted by Crippen LogP contribution is -2.34. The number of nitrogens with one attached hydrogen (secondary N) is 1. The summed E-state index contributed by atoms with van der Waals surface area (Å²) in [4.78, 5) is 38.6. The summed E-state index contributed by atoms with van der Waals surface area (Å²) in [5, 5.41) is 2.69. The van der Waals surface area contributed by atoms with E-state index in [2.05, 4.69) is 5.32 Å². The highest BCUT2D eigenvalue weighted by Gasteiger charge is 2.17. The fourth-order valence-electron chi connectivity index (χ4n) is 3.01. The molecule has 3 aromatic rings. The lowest BCUT2D eigenvalue weighted by molar-refractivity contribution is -0.134. The Morgan fingerprint density at radius 2 is 1.91 bits per heavy atom. The number of furan rings is 1. The summed E-state index contributed by atoms with van der Waals surface area (Å²) in [5.74, 6) is -1.79. The zero-order valence-corrected chi connectivity index (χ0v) is 17.8. The van der Waals surface area contributed by atoms with Gasteiger partial charge < -0.3 is 19.4 Å². The topological polar surface area (TPSA) is 88.9 Å². The van der Waals surface area contributed by atoms with Crippen molar-refractivity contribution in [3.8, 4) is 0 Å². The van der Waals surface area contributed by atoms with Gasteiger partial charge in [0.2, 0.25) is 0 Å². The summed E-state index contributed by atoms with van der Waals surface area (Å²) in [5.41, 5.74) is 1.99. The summed E-state index contributed by atoms with van der Waals surface area (Å²) in [6, 6.07) is 13.8. The number of anilines is 1. The van der Waals surface area contributed by atoms with Crippen molar-refractivity contribution in [2.45, 2.75) is 20.4 Å². The minimum atomic E-state index is -0.700. The SMILES string of the molecule is CCN(Cc1cccc(F)c1)C(=O)COC(=O)c1ccc(C)c(NC(=O)c2ccco2)c1. The number of benzene rings is 2. The predicted octanol–water partition coefficient (Wildman–Crippen LogP) is 4.18. The van der Waals surface area contributed by atoms with Crippen LogP contribution < -0.4 is 5.32 Å². The summed E-state index contributed by atoms with van der Waals surface area (Å²) in [6.07, 6.45) is 1.39. The zero-order chi connectivity index (χ0) is 23.1. The Bertz CT molecular complexity index is 1110. The number of carbonyl (C=O) groups is 3. The van der Waals surface area contributed by atoms with E-state index in [0.717, 1.165) is 5.56 Å². The maximum atomic E-state index is 13.4. The quantitative estimate of drug-likeness (QED) is 0.533. The second-order valence-electron chi connectivity index (χ2n) is 7.08. The van der Waals surface area contributed by atoms with E-state index in [1.165, 1.54) is 35.4 Å². The molecule has 0 saturated carbocycles. The Morgan fingerprint density at radius 1 is 1.09 bits per heavy atom. The normalized spacial score (nSPS) is 10.5. The summed E-state index contributed by atoms with van der Waals surface area (Å²) < 4.78 is 23.6. The van der Waals surface area contributed by atoms with Gasteiger partial charge in [0.05, 0.1) is 11.8 Å². The minimum absolute atomic E-state index is 0.140. The summed E-state index contributed by atoms with van der Waals surface area (Å²) >= 11 is 0. The summed E-state index contributed by atoms with van der Waals surface area (Å²) in [7, 11) is 0. The van der Waals surface area contributed by atoms with Gasteiger partial charge in [-0.05, 0) is 61.4 Å². The zero-order valence-electron chi connectivity index (χ0n) is 17.8. The first-order chi connectivity index (χ1) is 15.4. The average molecular weight is 438 g/mol. The number of amides is 2. The molecule has 166 valence electrons. The van der Waals surface area contributed by atoms with E-state index in [-0.39, 0.29) is 23.7 Å². The maximum Gasteiger partial charge on any atom is 0.338 e. The number of aryl methyl sites for hydroxylation is 1. The van der Waals surface area contributed by atoms with Crippen LogP contribution in [0.3, 0.4) is 0 Å². The predicted molar refractivity (Wildman–Crippen MR) is 116 cm³/mol. The third-order valence-electron chi connectivity index (χ3n) is 4.79. The molecule has 1 aromatic heterocycles. The van der Waals surface area contributed by atoms with Gasteiger partial charge in [-0.15, -0.1) is 0 Å². The van der Waals surface area contributed by atoms with Gasteiger partial charge in [-0.3, -0.25) is 9.59 Å². The van der Waals surface area contributed by atoms with Crippen LogP contribution >= 0.6 is 0 Å². The number of halogens is 1. The third-order valence-corrected chi connectivity index (χ3v) is 4.79. The van der Waals surface area contributed by atoms with Crippen molar-refractivity contribution in [3.05, 3.63) is 89.1 Å². The second-order valence-corrected chi connectivity index (χ2v) is 7.08. The number of ether oxygens (including phenoxy) is 1. The molecule has 0 radical (unpaired) electrons. The molecule has 2 amide bonds. The van der Waals surface area contributed by atoms with Crippen molar-refractivity contribution in [1.82, 2.24) is 4.90 Å². The minimum Gasteiger partial charge on any atom is -0.459 e. The number of rotatable bonds is 8. The van der Waals surface area contributed by atoms with Gasteiger partial charge in [0, 0.05) is 18.8 Å². The molecular weight excluding hydrogens is 415 g/mol. The van der Waals surface area contributed by atoms with Crippen molar-refractivity contribution in [1.29, 1.82) is 0 Å². The lowest BCUT2D eigenvalue weighted by atomic mass is 10.1. The number of esters is 1. The molecule has 0 unspecified atom stereocenters. The molecular formula is C24H23FN2O5. The molecule has 0 aliphatic heterocycles. The number of hydrogen-bond acceptors (Lipinski definition) is 5. The maximum absolute atomic E-state index is 13.4. The van der Waals surface area contributed by atoms with Crippen LogP contribution in [0.1, 0.15) is 39.0 Å². The average Bonchev–Trinajstić information content (AvgIpc) is 3.32. The van der Waals surface area contributed by atoms with Crippen LogP contribution in [0.5, 0.6) is 0 Å². The molecule has 1 heterocycles. The first-order valence-corrected chi connectivity index (χ1v) is 10.0. The second kappa shape index (κ2) is 10.4. The number of carbonyl (C=O) groups excluding carboxylic acids is 3. The van der Waals surface area contributed by atoms with E-state index in [1.807, 2.05) is 0 Å². The van der Waals surface area contributed by atoms with Crippen LogP contribution in [-0.4, -0.2) is 35.8 Å². The van der Waals surface area contributed by atoms with E-state index < -0.39 is 24.4 Å². The van der Waals surface area contributed by atoms with Crippen LogP contribution in [0.15, 0.2) is 65.3 Å². The van der Waals surface area contributed by atoms with Gasteiger partial charge in [-0.1, -0.05) is 18.2 Å². The highest BCUT2D eigenvalue weighted by Crippen LogP contribution is 2.19. The highest BCUT2D eigenvalue weighted by atomic mass is 19.1. The van der Waals surface area contributed by atoms with Gasteiger partial charge in [-0.2, -0.15) is 0 Å². The molecule has 1 N–H and O–H groups in total. The third kappa shape index (κ3) is 5.81. The molecule has 2 aromatic carbocycles. The monoisotopic (exact) mass is 438 g/mol. The van der Waals surface area contributed by atoms with E-state index in [0.29, 0.717) is 17.8 Å². The van der Waals surface area contributed by atoms with Gasteiger partial charge in [0.1, 0.15) is 5.82 Å². The van der Waals surface area contributed by atoms with Crippen LogP contribution in [-0.2, 0) is 16.1 Å². The van der Waals surface area contributed by atoms with Gasteiger partial charge >= 0.3 is 5.97 Å². The highest BCUT2D eigenvalue weighted by molar-refractivity contribution is 6.03. The molecule has 0 fully saturated rings. The fourth-order valence-corrected chi connectivity index (χ4v) is 3.01. The van der Waals surface area contributed by atoms with Crippen molar-refractivity contribution in [3.63, 3.8) is 0 Å². The van der Waals surface area contributed by atoms with E-state index in [4.69, 9.17) is 9.15 Å². The van der Waals surface area contributed by atoms with Crippen molar-refractivity contribution in [2.75, 3.05) is 18.5 Å². The molecule has 7 nitrogen and oxygen atoms in total. The van der Waals surface area contributed by atoms with Crippen molar-refractivity contribution >= 4 is 23.5 Å². The number of likely N-dealkylation sites (N-methyl/N-ethyl adjacent to an activating group) is 1. The molecule has 0 aliphatic rings. The smallest absolute Gasteiger partial charge is 0.338 e. The van der Waals surface area contributed by atoms with Gasteiger partial charge in [0.15, 0.2) is 12.4 Å². The molecule has 0 bridgehead atoms. The molecule has 0 spiro atoms. The van der Waals surface area contributed by atoms with E-state index in [9.17, 15) is 18.8 Å². The van der Waals surface area contributed by atoms with Gasteiger partial charge in [0.25, 0.3) is 11.8 Å². The van der Waals surface area contributed by atoms with Crippen LogP contribution in [0.25, 0.3) is 0 Å². The summed E-state index contributed by atoms with van der Waals surface area (Å²) in [6.45, 7) is 3.69. The fraction of sp³-hybridized carbons (Fsp3) is 0.208. The Morgan fingerprint density at radius 3 is 2.59 bits per heavy atom. The first-order valence-electron chi connectivity index (χ1n) is 10.0. The van der Waals surface area contributed by atoms with E-state index in [1.54, 1.807) is 44.2 Å².